The van der Waals surface area contributed by atoms with Crippen molar-refractivity contribution in [1.29, 1.82) is 0 Å². The summed E-state index contributed by atoms with van der Waals surface area (Å²) in [7, 11) is 0. The normalized spacial score (nSPS) is 12.8. The molecule has 0 saturated heterocycles. The van der Waals surface area contributed by atoms with Gasteiger partial charge in [-0.25, -0.2) is 9.18 Å². The third kappa shape index (κ3) is 7.82. The lowest BCUT2D eigenvalue weighted by molar-refractivity contribution is -0.174. The fourth-order valence-electron chi connectivity index (χ4n) is 1.68. The SMILES string of the molecule is CC(COCC(F)(F)F)NC(=O)NCCc1ccccc1F. The van der Waals surface area contributed by atoms with Crippen molar-refractivity contribution < 1.29 is 27.1 Å². The fourth-order valence-corrected chi connectivity index (χ4v) is 1.68. The third-order valence-electron chi connectivity index (χ3n) is 2.65. The monoisotopic (exact) mass is 322 g/mol. The van der Waals surface area contributed by atoms with Crippen LogP contribution in [-0.4, -0.2) is 38.0 Å². The summed E-state index contributed by atoms with van der Waals surface area (Å²) in [6.45, 7) is 0.129. The van der Waals surface area contributed by atoms with Gasteiger partial charge in [-0.2, -0.15) is 13.2 Å². The molecule has 8 heteroatoms. The first kappa shape index (κ1) is 18.2. The molecule has 2 amide bonds. The third-order valence-corrected chi connectivity index (χ3v) is 2.65. The molecule has 0 aliphatic heterocycles. The van der Waals surface area contributed by atoms with Gasteiger partial charge in [-0.05, 0) is 25.0 Å². The van der Waals surface area contributed by atoms with E-state index in [-0.39, 0.29) is 19.0 Å². The van der Waals surface area contributed by atoms with Gasteiger partial charge in [0.15, 0.2) is 0 Å². The second-order valence-electron chi connectivity index (χ2n) is 4.77. The summed E-state index contributed by atoms with van der Waals surface area (Å²) in [5, 5.41) is 4.93. The fraction of sp³-hybridized carbons (Fsp3) is 0.500. The van der Waals surface area contributed by atoms with Gasteiger partial charge in [0.1, 0.15) is 12.4 Å². The van der Waals surface area contributed by atoms with Crippen molar-refractivity contribution in [1.82, 2.24) is 10.6 Å². The van der Waals surface area contributed by atoms with Crippen LogP contribution in [0.1, 0.15) is 12.5 Å². The number of ether oxygens (including phenoxy) is 1. The molecule has 0 saturated carbocycles. The van der Waals surface area contributed by atoms with Crippen LogP contribution in [0.3, 0.4) is 0 Å². The van der Waals surface area contributed by atoms with Gasteiger partial charge in [0, 0.05) is 6.54 Å². The molecular weight excluding hydrogens is 304 g/mol. The molecule has 0 aliphatic rings. The molecule has 0 aliphatic carbocycles. The Balaban J connectivity index is 2.19. The zero-order valence-electron chi connectivity index (χ0n) is 12.0. The van der Waals surface area contributed by atoms with Crippen LogP contribution in [-0.2, 0) is 11.2 Å². The van der Waals surface area contributed by atoms with Gasteiger partial charge < -0.3 is 15.4 Å². The van der Waals surface area contributed by atoms with Crippen molar-refractivity contribution in [3.63, 3.8) is 0 Å². The van der Waals surface area contributed by atoms with Crippen molar-refractivity contribution in [3.05, 3.63) is 35.6 Å². The number of nitrogens with one attached hydrogen (secondary N) is 2. The molecule has 0 aromatic heterocycles. The second kappa shape index (κ2) is 8.57. The molecule has 22 heavy (non-hydrogen) atoms. The molecule has 0 fully saturated rings. The van der Waals surface area contributed by atoms with E-state index >= 15 is 0 Å². The van der Waals surface area contributed by atoms with Crippen LogP contribution in [0, 0.1) is 5.82 Å². The van der Waals surface area contributed by atoms with E-state index < -0.39 is 24.9 Å². The summed E-state index contributed by atoms with van der Waals surface area (Å²) >= 11 is 0. The first-order valence-corrected chi connectivity index (χ1v) is 6.70. The minimum atomic E-state index is -4.39. The smallest absolute Gasteiger partial charge is 0.370 e. The number of halogens is 4. The number of carbonyl (C=O) groups excluding carboxylic acids is 1. The Labute approximate surface area is 125 Å². The highest BCUT2D eigenvalue weighted by Crippen LogP contribution is 2.14. The zero-order valence-corrected chi connectivity index (χ0v) is 12.0. The molecule has 1 aromatic carbocycles. The minimum Gasteiger partial charge on any atom is -0.370 e. The Bertz CT molecular complexity index is 480. The average molecular weight is 322 g/mol. The Morgan fingerprint density at radius 3 is 2.64 bits per heavy atom. The summed E-state index contributed by atoms with van der Waals surface area (Å²) in [6.07, 6.45) is -4.07. The molecule has 124 valence electrons. The summed E-state index contributed by atoms with van der Waals surface area (Å²) in [6, 6.07) is 5.09. The van der Waals surface area contributed by atoms with Crippen molar-refractivity contribution in [2.24, 2.45) is 0 Å². The van der Waals surface area contributed by atoms with Crippen LogP contribution in [0.25, 0.3) is 0 Å². The van der Waals surface area contributed by atoms with E-state index in [2.05, 4.69) is 15.4 Å². The van der Waals surface area contributed by atoms with Crippen LogP contribution in [0.5, 0.6) is 0 Å². The quantitative estimate of drug-likeness (QED) is 0.758. The van der Waals surface area contributed by atoms with E-state index in [0.29, 0.717) is 12.0 Å². The van der Waals surface area contributed by atoms with Crippen molar-refractivity contribution in [2.75, 3.05) is 19.8 Å². The number of rotatable bonds is 7. The highest BCUT2D eigenvalue weighted by Gasteiger charge is 2.27. The van der Waals surface area contributed by atoms with Gasteiger partial charge >= 0.3 is 12.2 Å². The van der Waals surface area contributed by atoms with E-state index in [9.17, 15) is 22.4 Å². The van der Waals surface area contributed by atoms with E-state index in [0.717, 1.165) is 0 Å². The minimum absolute atomic E-state index is 0.211. The molecule has 0 heterocycles. The molecule has 1 unspecified atom stereocenters. The van der Waals surface area contributed by atoms with Crippen molar-refractivity contribution in [2.45, 2.75) is 25.6 Å². The maximum atomic E-state index is 13.3. The topological polar surface area (TPSA) is 50.4 Å². The predicted molar refractivity (Wildman–Crippen MR) is 73.0 cm³/mol. The van der Waals surface area contributed by atoms with Crippen LogP contribution in [0.2, 0.25) is 0 Å². The number of urea groups is 1. The first-order valence-electron chi connectivity index (χ1n) is 6.70. The molecule has 0 radical (unpaired) electrons. The Hall–Kier alpha value is -1.83. The van der Waals surface area contributed by atoms with Gasteiger partial charge in [-0.1, -0.05) is 18.2 Å². The number of amides is 2. The number of benzene rings is 1. The van der Waals surface area contributed by atoms with Gasteiger partial charge in [0.2, 0.25) is 0 Å². The van der Waals surface area contributed by atoms with E-state index in [1.165, 1.54) is 13.0 Å². The van der Waals surface area contributed by atoms with Gasteiger partial charge in [-0.3, -0.25) is 0 Å². The number of carbonyl (C=O) groups is 1. The molecule has 0 spiro atoms. The standard InChI is InChI=1S/C14H18F4N2O2/c1-10(8-22-9-14(16,17)18)20-13(21)19-7-6-11-4-2-3-5-12(11)15/h2-5,10H,6-9H2,1H3,(H2,19,20,21). The van der Waals surface area contributed by atoms with Crippen LogP contribution >= 0.6 is 0 Å². The maximum Gasteiger partial charge on any atom is 0.411 e. The van der Waals surface area contributed by atoms with E-state index in [1.807, 2.05) is 0 Å². The van der Waals surface area contributed by atoms with Crippen LogP contribution in [0.4, 0.5) is 22.4 Å². The Morgan fingerprint density at radius 2 is 2.00 bits per heavy atom. The predicted octanol–water partition coefficient (Wildman–Crippen LogP) is 2.63. The highest BCUT2D eigenvalue weighted by molar-refractivity contribution is 5.74. The largest absolute Gasteiger partial charge is 0.411 e. The van der Waals surface area contributed by atoms with Crippen LogP contribution < -0.4 is 10.6 Å². The van der Waals surface area contributed by atoms with Crippen molar-refractivity contribution in [3.8, 4) is 0 Å². The average Bonchev–Trinajstić information content (AvgIpc) is 2.39. The maximum absolute atomic E-state index is 13.3. The number of hydrogen-bond donors (Lipinski definition) is 2. The lowest BCUT2D eigenvalue weighted by Gasteiger charge is -2.15. The molecule has 0 bridgehead atoms. The number of hydrogen-bond acceptors (Lipinski definition) is 2. The molecule has 2 N–H and O–H groups in total. The lowest BCUT2D eigenvalue weighted by Crippen LogP contribution is -2.43. The molecular formula is C14H18F4N2O2. The van der Waals surface area contributed by atoms with Gasteiger partial charge in [0.25, 0.3) is 0 Å². The van der Waals surface area contributed by atoms with Crippen LogP contribution in [0.15, 0.2) is 24.3 Å². The summed E-state index contributed by atoms with van der Waals surface area (Å²) in [5.74, 6) is -0.348. The van der Waals surface area contributed by atoms with Gasteiger partial charge in [0.05, 0.1) is 12.6 Å². The summed E-state index contributed by atoms with van der Waals surface area (Å²) in [5.41, 5.74) is 0.476. The second-order valence-corrected chi connectivity index (χ2v) is 4.77. The molecule has 1 rings (SSSR count). The lowest BCUT2D eigenvalue weighted by atomic mass is 10.1. The van der Waals surface area contributed by atoms with E-state index in [1.54, 1.807) is 18.2 Å². The Morgan fingerprint density at radius 1 is 1.32 bits per heavy atom. The van der Waals surface area contributed by atoms with E-state index in [4.69, 9.17) is 0 Å². The van der Waals surface area contributed by atoms with Gasteiger partial charge in [-0.15, -0.1) is 0 Å². The first-order chi connectivity index (χ1) is 10.3. The highest BCUT2D eigenvalue weighted by atomic mass is 19.4. The zero-order chi connectivity index (χ0) is 16.6. The summed E-state index contributed by atoms with van der Waals surface area (Å²) in [4.78, 5) is 11.5. The summed E-state index contributed by atoms with van der Waals surface area (Å²) < 4.78 is 53.4. The molecule has 1 aromatic rings. The molecule has 1 atom stereocenters. The van der Waals surface area contributed by atoms with Crippen molar-refractivity contribution >= 4 is 6.03 Å². The Kier molecular flexibility index (Phi) is 7.10. The molecule has 4 nitrogen and oxygen atoms in total. The number of alkyl halides is 3.